The van der Waals surface area contributed by atoms with Gasteiger partial charge in [-0.3, -0.25) is 4.57 Å². The van der Waals surface area contributed by atoms with E-state index < -0.39 is 5.82 Å². The summed E-state index contributed by atoms with van der Waals surface area (Å²) in [7, 11) is 0. The Kier molecular flexibility index (Phi) is 4.64. The highest BCUT2D eigenvalue weighted by Gasteiger charge is 2.03. The molecule has 1 N–H and O–H groups in total. The van der Waals surface area contributed by atoms with Crippen LogP contribution in [0.1, 0.15) is 17.5 Å². The van der Waals surface area contributed by atoms with Crippen LogP contribution in [0.25, 0.3) is 0 Å². The molecule has 102 valence electrons. The van der Waals surface area contributed by atoms with Crippen LogP contribution >= 0.6 is 0 Å². The molecule has 0 spiro atoms. The fourth-order valence-corrected chi connectivity index (χ4v) is 1.68. The van der Waals surface area contributed by atoms with Crippen molar-refractivity contribution in [2.24, 2.45) is 0 Å². The number of nitrogens with zero attached hydrogens (tertiary/aromatic N) is 2. The molecule has 0 amide bonds. The number of hydrogen-bond acceptors (Lipinski definition) is 3. The summed E-state index contributed by atoms with van der Waals surface area (Å²) in [6.45, 7) is 0.251. The first-order chi connectivity index (χ1) is 9.70. The average Bonchev–Trinajstić information content (AvgIpc) is 2.45. The zero-order valence-electron chi connectivity index (χ0n) is 10.7. The maximum absolute atomic E-state index is 13.6. The molecule has 0 aliphatic carbocycles. The molecule has 2 aromatic rings. The summed E-state index contributed by atoms with van der Waals surface area (Å²) in [5.74, 6) is 4.92. The first kappa shape index (κ1) is 14.0. The highest BCUT2D eigenvalue weighted by atomic mass is 19.1. The van der Waals surface area contributed by atoms with Crippen LogP contribution in [0.3, 0.4) is 0 Å². The smallest absolute Gasteiger partial charge is 0.347 e. The van der Waals surface area contributed by atoms with Gasteiger partial charge < -0.3 is 5.11 Å². The van der Waals surface area contributed by atoms with Gasteiger partial charge >= 0.3 is 5.69 Å². The number of rotatable bonds is 3. The second-order valence-electron chi connectivity index (χ2n) is 4.12. The van der Waals surface area contributed by atoms with Gasteiger partial charge in [0.15, 0.2) is 0 Å². The molecule has 4 nitrogen and oxygen atoms in total. The molecule has 0 saturated heterocycles. The molecule has 0 saturated carbocycles. The number of halogens is 1. The van der Waals surface area contributed by atoms with E-state index >= 15 is 0 Å². The Balaban J connectivity index is 2.26. The Labute approximate surface area is 115 Å². The van der Waals surface area contributed by atoms with Crippen LogP contribution in [-0.2, 0) is 6.54 Å². The Morgan fingerprint density at radius 2 is 2.25 bits per heavy atom. The molecule has 1 aromatic carbocycles. The fraction of sp³-hybridized carbons (Fsp3) is 0.200. The van der Waals surface area contributed by atoms with Gasteiger partial charge in [0.05, 0.1) is 18.7 Å². The Morgan fingerprint density at radius 1 is 1.40 bits per heavy atom. The highest BCUT2D eigenvalue weighted by Crippen LogP contribution is 2.10. The number of aromatic nitrogens is 2. The fourth-order valence-electron chi connectivity index (χ4n) is 1.68. The van der Waals surface area contributed by atoms with Gasteiger partial charge in [0, 0.05) is 18.8 Å². The summed E-state index contributed by atoms with van der Waals surface area (Å²) in [5.41, 5.74) is 0.660. The highest BCUT2D eigenvalue weighted by molar-refractivity contribution is 5.38. The number of aliphatic hydroxyl groups excluding tert-OH is 1. The third-order valence-corrected chi connectivity index (χ3v) is 2.63. The van der Waals surface area contributed by atoms with Crippen LogP contribution in [0.4, 0.5) is 4.39 Å². The van der Waals surface area contributed by atoms with Crippen molar-refractivity contribution < 1.29 is 9.50 Å². The lowest BCUT2D eigenvalue weighted by molar-refractivity contribution is 0.305. The first-order valence-corrected chi connectivity index (χ1v) is 6.10. The van der Waals surface area contributed by atoms with Crippen LogP contribution in [0.5, 0.6) is 0 Å². The van der Waals surface area contributed by atoms with Gasteiger partial charge in [-0.25, -0.2) is 14.2 Å². The van der Waals surface area contributed by atoms with Crippen molar-refractivity contribution in [3.05, 3.63) is 64.1 Å². The third kappa shape index (κ3) is 3.53. The van der Waals surface area contributed by atoms with E-state index in [0.717, 1.165) is 5.56 Å². The molecule has 0 bridgehead atoms. The molecule has 1 aromatic heterocycles. The lowest BCUT2D eigenvalue weighted by Crippen LogP contribution is -2.21. The monoisotopic (exact) mass is 272 g/mol. The van der Waals surface area contributed by atoms with Gasteiger partial charge in [-0.15, -0.1) is 0 Å². The Morgan fingerprint density at radius 3 is 3.00 bits per heavy atom. The second-order valence-corrected chi connectivity index (χ2v) is 4.12. The van der Waals surface area contributed by atoms with Crippen molar-refractivity contribution in [3.63, 3.8) is 0 Å². The molecule has 0 atom stereocenters. The van der Waals surface area contributed by atoms with Crippen LogP contribution in [0, 0.1) is 17.7 Å². The van der Waals surface area contributed by atoms with E-state index in [1.165, 1.54) is 16.8 Å². The minimum Gasteiger partial charge on any atom is -0.395 e. The van der Waals surface area contributed by atoms with E-state index in [0.29, 0.717) is 13.0 Å². The molecule has 0 aliphatic heterocycles. The molecule has 0 fully saturated rings. The minimum absolute atomic E-state index is 0.0562. The van der Waals surface area contributed by atoms with E-state index in [-0.39, 0.29) is 17.9 Å². The molecule has 20 heavy (non-hydrogen) atoms. The van der Waals surface area contributed by atoms with Gasteiger partial charge in [0.1, 0.15) is 5.82 Å². The Bertz CT molecular complexity index is 714. The van der Waals surface area contributed by atoms with Gasteiger partial charge in [-0.1, -0.05) is 17.9 Å². The summed E-state index contributed by atoms with van der Waals surface area (Å²) >= 11 is 0. The summed E-state index contributed by atoms with van der Waals surface area (Å²) < 4.78 is 15.0. The molecular weight excluding hydrogens is 259 g/mol. The van der Waals surface area contributed by atoms with Crippen LogP contribution in [0.2, 0.25) is 0 Å². The number of hydrogen-bond donors (Lipinski definition) is 1. The van der Waals surface area contributed by atoms with E-state index in [4.69, 9.17) is 5.11 Å². The zero-order valence-corrected chi connectivity index (χ0v) is 10.7. The van der Waals surface area contributed by atoms with E-state index in [1.54, 1.807) is 24.4 Å². The lowest BCUT2D eigenvalue weighted by Gasteiger charge is -2.05. The van der Waals surface area contributed by atoms with Gasteiger partial charge in [0.25, 0.3) is 0 Å². The predicted octanol–water partition coefficient (Wildman–Crippen LogP) is 1.16. The van der Waals surface area contributed by atoms with Crippen LogP contribution in [-0.4, -0.2) is 21.3 Å². The molecule has 1 heterocycles. The first-order valence-electron chi connectivity index (χ1n) is 6.10. The molecule has 0 aliphatic rings. The summed E-state index contributed by atoms with van der Waals surface area (Å²) in [4.78, 5) is 15.2. The maximum atomic E-state index is 13.6. The summed E-state index contributed by atoms with van der Waals surface area (Å²) in [6.07, 6.45) is 3.34. The van der Waals surface area contributed by atoms with Gasteiger partial charge in [-0.2, -0.15) is 0 Å². The van der Waals surface area contributed by atoms with Crippen molar-refractivity contribution in [2.75, 3.05) is 6.61 Å². The molecule has 5 heteroatoms. The summed E-state index contributed by atoms with van der Waals surface area (Å²) in [5, 5.41) is 8.65. The molecule has 0 unspecified atom stereocenters. The van der Waals surface area contributed by atoms with Crippen molar-refractivity contribution >= 4 is 0 Å². The third-order valence-electron chi connectivity index (χ3n) is 2.63. The number of benzene rings is 1. The topological polar surface area (TPSA) is 55.1 Å². The summed E-state index contributed by atoms with van der Waals surface area (Å²) in [6, 6.07) is 6.18. The van der Waals surface area contributed by atoms with Crippen molar-refractivity contribution in [2.45, 2.75) is 13.0 Å². The largest absolute Gasteiger partial charge is 0.395 e. The zero-order chi connectivity index (χ0) is 14.4. The van der Waals surface area contributed by atoms with Crippen molar-refractivity contribution in [1.29, 1.82) is 0 Å². The Hall–Kier alpha value is -2.45. The van der Waals surface area contributed by atoms with Crippen LogP contribution < -0.4 is 5.69 Å². The average molecular weight is 272 g/mol. The normalized spacial score (nSPS) is 9.90. The minimum atomic E-state index is -0.419. The standard InChI is InChI=1S/C15H13FN2O2/c16-14-6-5-12(10-13(14)4-1-2-9-19)11-18-8-3-7-17-15(18)20/h3,5-8,10,19H,2,9,11H2. The van der Waals surface area contributed by atoms with Crippen molar-refractivity contribution in [3.8, 4) is 11.8 Å². The quantitative estimate of drug-likeness (QED) is 0.853. The van der Waals surface area contributed by atoms with E-state index in [1.807, 2.05) is 0 Å². The molecule has 0 radical (unpaired) electrons. The predicted molar refractivity (Wildman–Crippen MR) is 72.6 cm³/mol. The number of aliphatic hydroxyl groups is 1. The SMILES string of the molecule is O=c1ncccn1Cc1ccc(F)c(C#CCCO)c1. The van der Waals surface area contributed by atoms with E-state index in [2.05, 4.69) is 16.8 Å². The maximum Gasteiger partial charge on any atom is 0.347 e. The van der Waals surface area contributed by atoms with E-state index in [9.17, 15) is 9.18 Å². The second kappa shape index (κ2) is 6.64. The molecule has 2 rings (SSSR count). The van der Waals surface area contributed by atoms with Crippen LogP contribution in [0.15, 0.2) is 41.5 Å². The van der Waals surface area contributed by atoms with Gasteiger partial charge in [-0.05, 0) is 23.8 Å². The molecular formula is C15H13FN2O2. The lowest BCUT2D eigenvalue weighted by atomic mass is 10.1. The van der Waals surface area contributed by atoms with Crippen molar-refractivity contribution in [1.82, 2.24) is 9.55 Å². The van der Waals surface area contributed by atoms with Gasteiger partial charge in [0.2, 0.25) is 0 Å².